The predicted molar refractivity (Wildman–Crippen MR) is 120 cm³/mol. The van der Waals surface area contributed by atoms with Crippen LogP contribution < -0.4 is 23.7 Å². The molecule has 0 atom stereocenters. The zero-order valence-electron chi connectivity index (χ0n) is 18.5. The van der Waals surface area contributed by atoms with Crippen molar-refractivity contribution in [2.45, 2.75) is 31.2 Å². The Morgan fingerprint density at radius 1 is 0.970 bits per heavy atom. The van der Waals surface area contributed by atoms with Crippen LogP contribution in [0.5, 0.6) is 23.0 Å². The van der Waals surface area contributed by atoms with Gasteiger partial charge in [0.1, 0.15) is 13.2 Å². The first-order chi connectivity index (χ1) is 16.0. The molecule has 2 aliphatic heterocycles. The summed E-state index contributed by atoms with van der Waals surface area (Å²) in [5.41, 5.74) is 0.857. The number of amides is 1. The average molecular weight is 477 g/mol. The van der Waals surface area contributed by atoms with E-state index < -0.39 is 10.0 Å². The smallest absolute Gasteiger partial charge is 0.240 e. The summed E-state index contributed by atoms with van der Waals surface area (Å²) in [4.78, 5) is 14.5. The molecule has 2 aromatic rings. The highest BCUT2D eigenvalue weighted by Crippen LogP contribution is 2.34. The van der Waals surface area contributed by atoms with Gasteiger partial charge in [0, 0.05) is 44.1 Å². The third kappa shape index (κ3) is 5.51. The Hall–Kier alpha value is -2.98. The van der Waals surface area contributed by atoms with Crippen molar-refractivity contribution in [3.8, 4) is 23.0 Å². The molecule has 0 unspecified atom stereocenters. The van der Waals surface area contributed by atoms with Gasteiger partial charge in [-0.25, -0.2) is 13.1 Å². The molecule has 0 bridgehead atoms. The summed E-state index contributed by atoms with van der Waals surface area (Å²) in [6.07, 6.45) is 0.764. The summed E-state index contributed by atoms with van der Waals surface area (Å²) in [5.74, 6) is 2.10. The summed E-state index contributed by atoms with van der Waals surface area (Å²) in [7, 11) is -3.80. The molecule has 1 N–H and O–H groups in total. The minimum Gasteiger partial charge on any atom is -0.490 e. The van der Waals surface area contributed by atoms with Gasteiger partial charge in [-0.1, -0.05) is 12.1 Å². The van der Waals surface area contributed by atoms with Crippen LogP contribution in [0.4, 0.5) is 0 Å². The Morgan fingerprint density at radius 2 is 1.73 bits per heavy atom. The fraction of sp³-hybridized carbons (Fsp3) is 0.435. The molecule has 0 aliphatic carbocycles. The molecule has 10 heteroatoms. The highest BCUT2D eigenvalue weighted by molar-refractivity contribution is 7.89. The van der Waals surface area contributed by atoms with Crippen LogP contribution in [0, 0.1) is 0 Å². The fourth-order valence-electron chi connectivity index (χ4n) is 3.69. The van der Waals surface area contributed by atoms with Crippen LogP contribution >= 0.6 is 0 Å². The lowest BCUT2D eigenvalue weighted by molar-refractivity contribution is -0.131. The van der Waals surface area contributed by atoms with Gasteiger partial charge in [0.05, 0.1) is 18.1 Å². The second-order valence-electron chi connectivity index (χ2n) is 7.66. The lowest BCUT2D eigenvalue weighted by Gasteiger charge is -2.25. The fourth-order valence-corrected chi connectivity index (χ4v) is 4.73. The molecule has 9 nitrogen and oxygen atoms in total. The number of ether oxygens (including phenoxy) is 4. The number of carbonyl (C=O) groups excluding carboxylic acids is 1. The van der Waals surface area contributed by atoms with Crippen LogP contribution in [0.1, 0.15) is 25.3 Å². The Balaban J connectivity index is 1.35. The zero-order chi connectivity index (χ0) is 23.3. The van der Waals surface area contributed by atoms with E-state index in [1.807, 2.05) is 25.1 Å². The first kappa shape index (κ1) is 23.2. The Labute approximate surface area is 193 Å². The van der Waals surface area contributed by atoms with Crippen molar-refractivity contribution in [1.82, 2.24) is 9.62 Å². The van der Waals surface area contributed by atoms with Crippen molar-refractivity contribution in [3.05, 3.63) is 42.0 Å². The molecule has 33 heavy (non-hydrogen) atoms. The number of nitrogens with zero attached hydrogens (tertiary/aromatic N) is 1. The van der Waals surface area contributed by atoms with E-state index in [0.717, 1.165) is 12.0 Å². The number of hydrogen-bond acceptors (Lipinski definition) is 7. The van der Waals surface area contributed by atoms with Gasteiger partial charge in [-0.15, -0.1) is 0 Å². The molecule has 2 heterocycles. The van der Waals surface area contributed by atoms with Crippen molar-refractivity contribution in [1.29, 1.82) is 0 Å². The molecule has 0 aromatic heterocycles. The van der Waals surface area contributed by atoms with Gasteiger partial charge in [0.2, 0.25) is 15.9 Å². The highest BCUT2D eigenvalue weighted by atomic mass is 32.2. The molecule has 2 aromatic carbocycles. The molecule has 0 fully saturated rings. The van der Waals surface area contributed by atoms with Gasteiger partial charge < -0.3 is 23.8 Å². The molecule has 0 radical (unpaired) electrons. The van der Waals surface area contributed by atoms with Crippen LogP contribution in [-0.4, -0.2) is 58.7 Å². The quantitative estimate of drug-likeness (QED) is 0.624. The maximum Gasteiger partial charge on any atom is 0.240 e. The van der Waals surface area contributed by atoms with Gasteiger partial charge in [0.15, 0.2) is 23.0 Å². The number of nitrogens with one attached hydrogen (secondary N) is 1. The van der Waals surface area contributed by atoms with E-state index in [-0.39, 0.29) is 23.8 Å². The van der Waals surface area contributed by atoms with Gasteiger partial charge in [-0.2, -0.15) is 0 Å². The maximum atomic E-state index is 12.8. The second-order valence-corrected chi connectivity index (χ2v) is 9.42. The maximum absolute atomic E-state index is 12.8. The Kier molecular flexibility index (Phi) is 7.24. The van der Waals surface area contributed by atoms with E-state index in [9.17, 15) is 13.2 Å². The SMILES string of the molecule is CCN(Cc1cccc2c1OCCO2)C(=O)CCNS(=O)(=O)c1ccc2c(c1)OCCCO2. The average Bonchev–Trinajstić information content (AvgIpc) is 3.07. The van der Waals surface area contributed by atoms with Crippen LogP contribution in [-0.2, 0) is 21.4 Å². The second kappa shape index (κ2) is 10.3. The topological polar surface area (TPSA) is 103 Å². The van der Waals surface area contributed by atoms with E-state index in [2.05, 4.69) is 4.72 Å². The van der Waals surface area contributed by atoms with Gasteiger partial charge in [-0.05, 0) is 25.1 Å². The summed E-state index contributed by atoms with van der Waals surface area (Å²) >= 11 is 0. The number of benzene rings is 2. The minimum absolute atomic E-state index is 0.0153. The van der Waals surface area contributed by atoms with Gasteiger partial charge >= 0.3 is 0 Å². The van der Waals surface area contributed by atoms with E-state index in [1.165, 1.54) is 12.1 Å². The summed E-state index contributed by atoms with van der Waals surface area (Å²) < 4.78 is 50.4. The third-order valence-electron chi connectivity index (χ3n) is 5.40. The number of sulfonamides is 1. The van der Waals surface area contributed by atoms with Crippen molar-refractivity contribution < 1.29 is 32.2 Å². The molecule has 0 spiro atoms. The van der Waals surface area contributed by atoms with Crippen LogP contribution in [0.15, 0.2) is 41.3 Å². The number of rotatable bonds is 8. The molecular weight excluding hydrogens is 448 g/mol. The first-order valence-corrected chi connectivity index (χ1v) is 12.5. The summed E-state index contributed by atoms with van der Waals surface area (Å²) in [6.45, 7) is 4.66. The molecule has 0 saturated carbocycles. The van der Waals surface area contributed by atoms with Gasteiger partial charge in [-0.3, -0.25) is 4.79 Å². The minimum atomic E-state index is -3.80. The van der Waals surface area contributed by atoms with Crippen molar-refractivity contribution >= 4 is 15.9 Å². The largest absolute Gasteiger partial charge is 0.490 e. The lowest BCUT2D eigenvalue weighted by atomic mass is 10.1. The van der Waals surface area contributed by atoms with E-state index >= 15 is 0 Å². The third-order valence-corrected chi connectivity index (χ3v) is 6.86. The Bertz CT molecular complexity index is 1100. The Morgan fingerprint density at radius 3 is 2.55 bits per heavy atom. The molecule has 0 saturated heterocycles. The first-order valence-electron chi connectivity index (χ1n) is 11.0. The van der Waals surface area contributed by atoms with Crippen molar-refractivity contribution in [2.75, 3.05) is 39.5 Å². The predicted octanol–water partition coefficient (Wildman–Crippen LogP) is 2.34. The van der Waals surface area contributed by atoms with E-state index in [4.69, 9.17) is 18.9 Å². The van der Waals surface area contributed by atoms with Crippen LogP contribution in [0.2, 0.25) is 0 Å². The number of fused-ring (bicyclic) bond motifs is 2. The lowest BCUT2D eigenvalue weighted by Crippen LogP contribution is -2.34. The zero-order valence-corrected chi connectivity index (χ0v) is 19.4. The van der Waals surface area contributed by atoms with Crippen LogP contribution in [0.25, 0.3) is 0 Å². The molecule has 4 rings (SSSR count). The monoisotopic (exact) mass is 476 g/mol. The van der Waals surface area contributed by atoms with Crippen LogP contribution in [0.3, 0.4) is 0 Å². The number of hydrogen-bond donors (Lipinski definition) is 1. The van der Waals surface area contributed by atoms with Crippen molar-refractivity contribution in [2.24, 2.45) is 0 Å². The highest BCUT2D eigenvalue weighted by Gasteiger charge is 2.22. The normalized spacial score (nSPS) is 14.9. The molecule has 178 valence electrons. The standard InChI is InChI=1S/C23H28N2O7S/c1-2-25(16-17-5-3-6-20-23(17)32-14-13-31-20)22(26)9-10-24-33(27,28)18-7-8-19-21(15-18)30-12-4-11-29-19/h3,5-8,15,24H,2,4,9-14,16H2,1H3. The summed E-state index contributed by atoms with van der Waals surface area (Å²) in [5, 5.41) is 0. The van der Waals surface area contributed by atoms with Crippen molar-refractivity contribution in [3.63, 3.8) is 0 Å². The van der Waals surface area contributed by atoms with E-state index in [0.29, 0.717) is 62.5 Å². The van der Waals surface area contributed by atoms with E-state index in [1.54, 1.807) is 11.0 Å². The van der Waals surface area contributed by atoms with Gasteiger partial charge in [0.25, 0.3) is 0 Å². The summed E-state index contributed by atoms with van der Waals surface area (Å²) in [6, 6.07) is 10.1. The number of carbonyl (C=O) groups is 1. The molecule has 2 aliphatic rings. The molecule has 1 amide bonds. The molecular formula is C23H28N2O7S. The number of para-hydroxylation sites is 1.